The van der Waals surface area contributed by atoms with Crippen LogP contribution in [-0.2, 0) is 23.0 Å². The van der Waals surface area contributed by atoms with Crippen LogP contribution >= 0.6 is 22.9 Å². The molecule has 0 saturated carbocycles. The molecule has 0 spiro atoms. The van der Waals surface area contributed by atoms with Gasteiger partial charge in [0, 0.05) is 42.6 Å². The minimum absolute atomic E-state index is 0.461. The van der Waals surface area contributed by atoms with Gasteiger partial charge in [-0.3, -0.25) is 4.90 Å². The number of thiophene rings is 1. The normalized spacial score (nSPS) is 17.2. The lowest BCUT2D eigenvalue weighted by Crippen LogP contribution is -2.48. The molecule has 0 radical (unpaired) electrons. The SMILES string of the molecule is CCc1ccc(S(=O)(=O)N2CCN(Cc3cccc(Cl)c3)CC2)s1. The van der Waals surface area contributed by atoms with Crippen LogP contribution in [0.5, 0.6) is 0 Å². The van der Waals surface area contributed by atoms with Gasteiger partial charge in [-0.05, 0) is 36.2 Å². The predicted molar refractivity (Wildman–Crippen MR) is 99.2 cm³/mol. The Morgan fingerprint density at radius 2 is 1.88 bits per heavy atom. The Kier molecular flexibility index (Phi) is 5.62. The number of benzene rings is 1. The van der Waals surface area contributed by atoms with E-state index in [9.17, 15) is 8.42 Å². The molecule has 130 valence electrons. The van der Waals surface area contributed by atoms with Crippen LogP contribution in [0.3, 0.4) is 0 Å². The highest BCUT2D eigenvalue weighted by Crippen LogP contribution is 2.26. The molecule has 0 amide bonds. The van der Waals surface area contributed by atoms with Crippen LogP contribution in [0.25, 0.3) is 0 Å². The summed E-state index contributed by atoms with van der Waals surface area (Å²) in [7, 11) is -3.35. The van der Waals surface area contributed by atoms with Gasteiger partial charge in [0.25, 0.3) is 10.0 Å². The maximum Gasteiger partial charge on any atom is 0.252 e. The highest BCUT2D eigenvalue weighted by atomic mass is 35.5. The fraction of sp³-hybridized carbons (Fsp3) is 0.412. The van der Waals surface area contributed by atoms with Crippen molar-refractivity contribution in [3.8, 4) is 0 Å². The van der Waals surface area contributed by atoms with Gasteiger partial charge < -0.3 is 0 Å². The molecular weight excluding hydrogens is 364 g/mol. The van der Waals surface area contributed by atoms with Crippen LogP contribution in [0.4, 0.5) is 0 Å². The molecular formula is C17H21ClN2O2S2. The Morgan fingerprint density at radius 3 is 2.50 bits per heavy atom. The van der Waals surface area contributed by atoms with E-state index in [4.69, 9.17) is 11.6 Å². The van der Waals surface area contributed by atoms with Gasteiger partial charge in [-0.1, -0.05) is 30.7 Å². The van der Waals surface area contributed by atoms with Gasteiger partial charge in [0.2, 0.25) is 0 Å². The Bertz CT molecular complexity index is 796. The van der Waals surface area contributed by atoms with Crippen molar-refractivity contribution in [1.82, 2.24) is 9.21 Å². The number of piperazine rings is 1. The maximum atomic E-state index is 12.7. The summed E-state index contributed by atoms with van der Waals surface area (Å²) in [6.45, 7) is 5.37. The zero-order valence-corrected chi connectivity index (χ0v) is 16.0. The molecule has 1 aromatic carbocycles. The number of nitrogens with zero attached hydrogens (tertiary/aromatic N) is 2. The summed E-state index contributed by atoms with van der Waals surface area (Å²) in [5.74, 6) is 0. The minimum atomic E-state index is -3.35. The summed E-state index contributed by atoms with van der Waals surface area (Å²) in [5, 5.41) is 0.734. The van der Waals surface area contributed by atoms with E-state index in [1.54, 1.807) is 10.4 Å². The number of hydrogen-bond donors (Lipinski definition) is 0. The Hall–Kier alpha value is -0.920. The third-order valence-electron chi connectivity index (χ3n) is 4.21. The molecule has 1 fully saturated rings. The van der Waals surface area contributed by atoms with E-state index in [-0.39, 0.29) is 0 Å². The number of rotatable bonds is 5. The molecule has 4 nitrogen and oxygen atoms in total. The van der Waals surface area contributed by atoms with Gasteiger partial charge in [-0.25, -0.2) is 8.42 Å². The third-order valence-corrected chi connectivity index (χ3v) is 8.04. The lowest BCUT2D eigenvalue weighted by Gasteiger charge is -2.33. The van der Waals surface area contributed by atoms with Crippen LogP contribution in [-0.4, -0.2) is 43.8 Å². The zero-order chi connectivity index (χ0) is 17.2. The summed E-state index contributed by atoms with van der Waals surface area (Å²) in [4.78, 5) is 3.37. The van der Waals surface area contributed by atoms with Gasteiger partial charge in [0.05, 0.1) is 0 Å². The molecule has 0 N–H and O–H groups in total. The molecule has 24 heavy (non-hydrogen) atoms. The summed E-state index contributed by atoms with van der Waals surface area (Å²) in [6, 6.07) is 11.5. The van der Waals surface area contributed by atoms with Crippen molar-refractivity contribution in [2.45, 2.75) is 24.1 Å². The maximum absolute atomic E-state index is 12.7. The van der Waals surface area contributed by atoms with Crippen molar-refractivity contribution in [2.24, 2.45) is 0 Å². The highest BCUT2D eigenvalue weighted by molar-refractivity contribution is 7.91. The van der Waals surface area contributed by atoms with E-state index in [2.05, 4.69) is 4.90 Å². The van der Waals surface area contributed by atoms with E-state index >= 15 is 0 Å². The quantitative estimate of drug-likeness (QED) is 0.792. The number of halogens is 1. The van der Waals surface area contributed by atoms with Crippen LogP contribution in [0.1, 0.15) is 17.4 Å². The lowest BCUT2D eigenvalue weighted by molar-refractivity contribution is 0.182. The first-order valence-electron chi connectivity index (χ1n) is 8.04. The molecule has 0 unspecified atom stereocenters. The first-order chi connectivity index (χ1) is 11.5. The molecule has 2 heterocycles. The Balaban J connectivity index is 1.62. The average Bonchev–Trinajstić information content (AvgIpc) is 3.05. The molecule has 1 aliphatic heterocycles. The first kappa shape index (κ1) is 17.9. The molecule has 0 atom stereocenters. The molecule has 1 aromatic heterocycles. The van der Waals surface area contributed by atoms with Crippen molar-refractivity contribution in [3.63, 3.8) is 0 Å². The van der Waals surface area contributed by atoms with Gasteiger partial charge in [0.15, 0.2) is 0 Å². The minimum Gasteiger partial charge on any atom is -0.296 e. The average molecular weight is 385 g/mol. The zero-order valence-electron chi connectivity index (χ0n) is 13.6. The van der Waals surface area contributed by atoms with Crippen molar-refractivity contribution < 1.29 is 8.42 Å². The summed E-state index contributed by atoms with van der Waals surface area (Å²) < 4.78 is 27.5. The highest BCUT2D eigenvalue weighted by Gasteiger charge is 2.29. The molecule has 1 saturated heterocycles. The topological polar surface area (TPSA) is 40.6 Å². The number of aryl methyl sites for hydroxylation is 1. The van der Waals surface area contributed by atoms with Gasteiger partial charge in [-0.15, -0.1) is 11.3 Å². The van der Waals surface area contributed by atoms with E-state index < -0.39 is 10.0 Å². The molecule has 2 aromatic rings. The Morgan fingerprint density at radius 1 is 1.12 bits per heavy atom. The largest absolute Gasteiger partial charge is 0.296 e. The van der Waals surface area contributed by atoms with Crippen LogP contribution in [0.2, 0.25) is 5.02 Å². The second-order valence-electron chi connectivity index (χ2n) is 5.88. The van der Waals surface area contributed by atoms with Crippen molar-refractivity contribution in [3.05, 3.63) is 51.9 Å². The standard InChI is InChI=1S/C17H21ClN2O2S2/c1-2-16-6-7-17(23-16)24(21,22)20-10-8-19(9-11-20)13-14-4-3-5-15(18)12-14/h3-7,12H,2,8-11,13H2,1H3. The van der Waals surface area contributed by atoms with E-state index in [1.807, 2.05) is 37.3 Å². The van der Waals surface area contributed by atoms with Gasteiger partial charge in [0.1, 0.15) is 4.21 Å². The second-order valence-corrected chi connectivity index (χ2v) is 9.65. The van der Waals surface area contributed by atoms with Crippen molar-refractivity contribution in [1.29, 1.82) is 0 Å². The number of hydrogen-bond acceptors (Lipinski definition) is 4. The fourth-order valence-electron chi connectivity index (χ4n) is 2.84. The van der Waals surface area contributed by atoms with E-state index in [1.165, 1.54) is 11.3 Å². The lowest BCUT2D eigenvalue weighted by atomic mass is 10.2. The van der Waals surface area contributed by atoms with Gasteiger partial charge >= 0.3 is 0 Å². The molecule has 3 rings (SSSR count). The summed E-state index contributed by atoms with van der Waals surface area (Å²) in [5.41, 5.74) is 1.16. The third kappa shape index (κ3) is 4.00. The van der Waals surface area contributed by atoms with Crippen LogP contribution in [0, 0.1) is 0 Å². The predicted octanol–water partition coefficient (Wildman–Crippen LogP) is 3.47. The molecule has 7 heteroatoms. The smallest absolute Gasteiger partial charge is 0.252 e. The van der Waals surface area contributed by atoms with Crippen molar-refractivity contribution >= 4 is 33.0 Å². The second kappa shape index (κ2) is 7.54. The molecule has 1 aliphatic rings. The van der Waals surface area contributed by atoms with Crippen molar-refractivity contribution in [2.75, 3.05) is 26.2 Å². The number of sulfonamides is 1. The Labute approximate surface area is 152 Å². The summed E-state index contributed by atoms with van der Waals surface area (Å²) in [6.07, 6.45) is 0.869. The molecule has 0 aliphatic carbocycles. The molecule has 0 bridgehead atoms. The van der Waals surface area contributed by atoms with E-state index in [0.29, 0.717) is 17.3 Å². The summed E-state index contributed by atoms with van der Waals surface area (Å²) >= 11 is 7.40. The van der Waals surface area contributed by atoms with Crippen LogP contribution < -0.4 is 0 Å². The fourth-order valence-corrected chi connectivity index (χ4v) is 5.92. The monoisotopic (exact) mass is 384 g/mol. The van der Waals surface area contributed by atoms with Gasteiger partial charge in [-0.2, -0.15) is 4.31 Å². The van der Waals surface area contributed by atoms with Crippen LogP contribution in [0.15, 0.2) is 40.6 Å². The first-order valence-corrected chi connectivity index (χ1v) is 10.7. The van der Waals surface area contributed by atoms with E-state index in [0.717, 1.165) is 41.5 Å².